The van der Waals surface area contributed by atoms with Crippen LogP contribution < -0.4 is 10.2 Å². The van der Waals surface area contributed by atoms with Gasteiger partial charge in [0.25, 0.3) is 0 Å². The van der Waals surface area contributed by atoms with Crippen LogP contribution in [-0.4, -0.2) is 37.6 Å². The topological polar surface area (TPSA) is 42.3 Å². The van der Waals surface area contributed by atoms with Crippen molar-refractivity contribution in [3.8, 4) is 6.07 Å². The fraction of sp³-hybridized carbons (Fsp3) is 0.381. The van der Waals surface area contributed by atoms with Crippen LogP contribution >= 0.6 is 0 Å². The van der Waals surface area contributed by atoms with Crippen LogP contribution in [0.15, 0.2) is 48.5 Å². The van der Waals surface area contributed by atoms with E-state index in [2.05, 4.69) is 40.2 Å². The smallest absolute Gasteiger partial charge is 0.0995 e. The fourth-order valence-electron chi connectivity index (χ4n) is 3.33. The first-order valence-corrected chi connectivity index (χ1v) is 9.09. The second-order valence-electron chi connectivity index (χ2n) is 6.50. The zero-order valence-electron chi connectivity index (χ0n) is 14.9. The van der Waals surface area contributed by atoms with Gasteiger partial charge in [0.1, 0.15) is 0 Å². The number of hydrogen-bond acceptors (Lipinski definition) is 4. The van der Waals surface area contributed by atoms with Gasteiger partial charge in [-0.25, -0.2) is 0 Å². The summed E-state index contributed by atoms with van der Waals surface area (Å²) in [7, 11) is 0. The second-order valence-corrected chi connectivity index (χ2v) is 6.50. The highest BCUT2D eigenvalue weighted by Gasteiger charge is 2.17. The molecule has 4 nitrogen and oxygen atoms in total. The van der Waals surface area contributed by atoms with E-state index in [1.165, 1.54) is 18.7 Å². The van der Waals surface area contributed by atoms with Crippen LogP contribution in [0.2, 0.25) is 0 Å². The van der Waals surface area contributed by atoms with E-state index in [4.69, 9.17) is 0 Å². The third-order valence-electron chi connectivity index (χ3n) is 4.74. The van der Waals surface area contributed by atoms with Crippen LogP contribution in [-0.2, 0) is 6.54 Å². The lowest BCUT2D eigenvalue weighted by atomic mass is 10.1. The van der Waals surface area contributed by atoms with Gasteiger partial charge in [-0.15, -0.1) is 0 Å². The standard InChI is InChI=1S/C21H26N4/c1-2-10-24-11-13-25(14-12-24)21-9-8-18(16-22)19(15-21)17-23-20-6-4-3-5-7-20/h3-9,15,23H,2,10-14,17H2,1H3. The third kappa shape index (κ3) is 4.52. The average Bonchev–Trinajstić information content (AvgIpc) is 2.68. The maximum Gasteiger partial charge on any atom is 0.0995 e. The Balaban J connectivity index is 1.69. The van der Waals surface area contributed by atoms with Crippen molar-refractivity contribution in [2.75, 3.05) is 42.9 Å². The predicted octanol–water partition coefficient (Wildman–Crippen LogP) is 3.70. The Bertz CT molecular complexity index is 712. The number of benzene rings is 2. The highest BCUT2D eigenvalue weighted by Crippen LogP contribution is 2.22. The number of nitrogens with zero attached hydrogens (tertiary/aromatic N) is 3. The summed E-state index contributed by atoms with van der Waals surface area (Å²) < 4.78 is 0. The average molecular weight is 334 g/mol. The van der Waals surface area contributed by atoms with Crippen LogP contribution in [0.4, 0.5) is 11.4 Å². The van der Waals surface area contributed by atoms with E-state index < -0.39 is 0 Å². The molecule has 0 aliphatic carbocycles. The molecule has 25 heavy (non-hydrogen) atoms. The summed E-state index contributed by atoms with van der Waals surface area (Å²) in [5, 5.41) is 12.8. The largest absolute Gasteiger partial charge is 0.381 e. The molecular weight excluding hydrogens is 308 g/mol. The lowest BCUT2D eigenvalue weighted by molar-refractivity contribution is 0.258. The van der Waals surface area contributed by atoms with Gasteiger partial charge in [0.2, 0.25) is 0 Å². The van der Waals surface area contributed by atoms with Gasteiger partial charge in [0.15, 0.2) is 0 Å². The Kier molecular flexibility index (Phi) is 5.92. The lowest BCUT2D eigenvalue weighted by Crippen LogP contribution is -2.46. The summed E-state index contributed by atoms with van der Waals surface area (Å²) in [6, 6.07) is 18.6. The quantitative estimate of drug-likeness (QED) is 0.874. The summed E-state index contributed by atoms with van der Waals surface area (Å²) in [5.41, 5.74) is 4.10. The van der Waals surface area contributed by atoms with Crippen LogP contribution in [0.5, 0.6) is 0 Å². The van der Waals surface area contributed by atoms with Gasteiger partial charge in [0, 0.05) is 44.1 Å². The molecule has 1 heterocycles. The molecule has 1 saturated heterocycles. The van der Waals surface area contributed by atoms with Crippen LogP contribution in [0, 0.1) is 11.3 Å². The molecule has 2 aromatic carbocycles. The van der Waals surface area contributed by atoms with E-state index in [-0.39, 0.29) is 0 Å². The normalized spacial score (nSPS) is 15.0. The Hall–Kier alpha value is -2.51. The number of nitriles is 1. The first-order valence-electron chi connectivity index (χ1n) is 9.09. The van der Waals surface area contributed by atoms with Crippen molar-refractivity contribution in [1.29, 1.82) is 5.26 Å². The zero-order valence-corrected chi connectivity index (χ0v) is 14.9. The van der Waals surface area contributed by atoms with Crippen molar-refractivity contribution in [2.45, 2.75) is 19.9 Å². The van der Waals surface area contributed by atoms with Gasteiger partial charge in [-0.1, -0.05) is 25.1 Å². The molecule has 0 unspecified atom stereocenters. The van der Waals surface area contributed by atoms with E-state index >= 15 is 0 Å². The van der Waals surface area contributed by atoms with E-state index in [1.54, 1.807) is 0 Å². The number of piperazine rings is 1. The van der Waals surface area contributed by atoms with E-state index in [0.29, 0.717) is 6.54 Å². The van der Waals surface area contributed by atoms with Gasteiger partial charge < -0.3 is 10.2 Å². The zero-order chi connectivity index (χ0) is 17.5. The number of anilines is 2. The minimum atomic E-state index is 0.663. The first-order chi connectivity index (χ1) is 12.3. The second kappa shape index (κ2) is 8.55. The Morgan fingerprint density at radius 2 is 1.80 bits per heavy atom. The van der Waals surface area contributed by atoms with E-state index in [1.807, 2.05) is 36.4 Å². The van der Waals surface area contributed by atoms with Crippen LogP contribution in [0.1, 0.15) is 24.5 Å². The molecule has 0 spiro atoms. The molecule has 130 valence electrons. The minimum absolute atomic E-state index is 0.663. The van der Waals surface area contributed by atoms with Crippen molar-refractivity contribution >= 4 is 11.4 Å². The molecule has 1 N–H and O–H groups in total. The summed E-state index contributed by atoms with van der Waals surface area (Å²) in [6.45, 7) is 8.43. The van der Waals surface area contributed by atoms with Crippen molar-refractivity contribution < 1.29 is 0 Å². The number of para-hydroxylation sites is 1. The third-order valence-corrected chi connectivity index (χ3v) is 4.74. The Morgan fingerprint density at radius 1 is 1.04 bits per heavy atom. The molecule has 0 aromatic heterocycles. The first kappa shape index (κ1) is 17.3. The molecule has 1 aliphatic heterocycles. The molecule has 0 saturated carbocycles. The number of nitrogens with one attached hydrogen (secondary N) is 1. The van der Waals surface area contributed by atoms with Gasteiger partial charge in [0.05, 0.1) is 11.6 Å². The molecule has 1 aliphatic rings. The van der Waals surface area contributed by atoms with Gasteiger partial charge in [-0.05, 0) is 48.9 Å². The lowest BCUT2D eigenvalue weighted by Gasteiger charge is -2.36. The molecule has 4 heteroatoms. The van der Waals surface area contributed by atoms with Gasteiger partial charge >= 0.3 is 0 Å². The summed E-state index contributed by atoms with van der Waals surface area (Å²) in [4.78, 5) is 4.96. The van der Waals surface area contributed by atoms with Crippen LogP contribution in [0.3, 0.4) is 0 Å². The van der Waals surface area contributed by atoms with Crippen molar-refractivity contribution in [1.82, 2.24) is 4.90 Å². The predicted molar refractivity (Wildman–Crippen MR) is 104 cm³/mol. The molecule has 0 radical (unpaired) electrons. The maximum atomic E-state index is 9.41. The minimum Gasteiger partial charge on any atom is -0.381 e. The molecule has 0 bridgehead atoms. The van der Waals surface area contributed by atoms with Crippen molar-refractivity contribution in [2.24, 2.45) is 0 Å². The monoisotopic (exact) mass is 334 g/mol. The fourth-order valence-corrected chi connectivity index (χ4v) is 3.33. The van der Waals surface area contributed by atoms with E-state index in [0.717, 1.165) is 43.0 Å². The molecule has 0 atom stereocenters. The highest BCUT2D eigenvalue weighted by atomic mass is 15.3. The van der Waals surface area contributed by atoms with Gasteiger partial charge in [-0.3, -0.25) is 4.90 Å². The molecule has 0 amide bonds. The molecular formula is C21H26N4. The SMILES string of the molecule is CCCN1CCN(c2ccc(C#N)c(CNc3ccccc3)c2)CC1. The highest BCUT2D eigenvalue weighted by molar-refractivity contribution is 5.55. The molecule has 2 aromatic rings. The Labute approximate surface area is 150 Å². The molecule has 1 fully saturated rings. The van der Waals surface area contributed by atoms with Gasteiger partial charge in [-0.2, -0.15) is 5.26 Å². The Morgan fingerprint density at radius 3 is 2.48 bits per heavy atom. The molecule has 3 rings (SSSR count). The summed E-state index contributed by atoms with van der Waals surface area (Å²) >= 11 is 0. The maximum absolute atomic E-state index is 9.41. The number of hydrogen-bond donors (Lipinski definition) is 1. The van der Waals surface area contributed by atoms with Crippen LogP contribution in [0.25, 0.3) is 0 Å². The summed E-state index contributed by atoms with van der Waals surface area (Å²) in [6.07, 6.45) is 1.21. The number of rotatable bonds is 6. The van der Waals surface area contributed by atoms with E-state index in [9.17, 15) is 5.26 Å². The van der Waals surface area contributed by atoms with Crippen molar-refractivity contribution in [3.05, 3.63) is 59.7 Å². The van der Waals surface area contributed by atoms with Crippen molar-refractivity contribution in [3.63, 3.8) is 0 Å². The summed E-state index contributed by atoms with van der Waals surface area (Å²) in [5.74, 6) is 0.